The van der Waals surface area contributed by atoms with Gasteiger partial charge in [-0.1, -0.05) is 19.1 Å². The van der Waals surface area contributed by atoms with Crippen LogP contribution in [0.4, 0.5) is 0 Å². The van der Waals surface area contributed by atoms with Crippen LogP contribution in [0.3, 0.4) is 0 Å². The lowest BCUT2D eigenvalue weighted by Crippen LogP contribution is -2.13. The molecule has 0 aliphatic heterocycles. The summed E-state index contributed by atoms with van der Waals surface area (Å²) in [6, 6.07) is 0. The van der Waals surface area contributed by atoms with Crippen molar-refractivity contribution in [3.63, 3.8) is 0 Å². The van der Waals surface area contributed by atoms with Crippen LogP contribution in [0.25, 0.3) is 0 Å². The molecule has 0 bridgehead atoms. The second-order valence-corrected chi connectivity index (χ2v) is 2.75. The Morgan fingerprint density at radius 3 is 2.83 bits per heavy atom. The Kier molecular flexibility index (Phi) is 7.81. The van der Waals surface area contributed by atoms with Crippen LogP contribution < -0.4 is 5.32 Å². The first-order valence-corrected chi connectivity index (χ1v) is 4.40. The molecule has 2 heteroatoms. The van der Waals surface area contributed by atoms with Crippen LogP contribution >= 0.6 is 0 Å². The molecule has 0 rings (SSSR count). The molecule has 0 aromatic carbocycles. The Labute approximate surface area is 75.3 Å². The first kappa shape index (κ1) is 11.2. The number of rotatable bonds is 7. The normalized spacial score (nSPS) is 10.5. The van der Waals surface area contributed by atoms with Gasteiger partial charge in [0.05, 0.1) is 6.61 Å². The molecule has 0 saturated carbocycles. The van der Waals surface area contributed by atoms with E-state index in [9.17, 15) is 0 Å². The highest BCUT2D eigenvalue weighted by atomic mass is 16.5. The van der Waals surface area contributed by atoms with Gasteiger partial charge in [0, 0.05) is 13.2 Å². The summed E-state index contributed by atoms with van der Waals surface area (Å²) in [5.41, 5.74) is 1.05. The lowest BCUT2D eigenvalue weighted by Gasteiger charge is -2.01. The van der Waals surface area contributed by atoms with E-state index in [-0.39, 0.29) is 0 Å². The van der Waals surface area contributed by atoms with E-state index in [2.05, 4.69) is 18.8 Å². The summed E-state index contributed by atoms with van der Waals surface area (Å²) < 4.78 is 5.27. The predicted molar refractivity (Wildman–Crippen MR) is 53.1 cm³/mol. The molecule has 0 saturated heterocycles. The molecule has 0 aliphatic rings. The van der Waals surface area contributed by atoms with Crippen LogP contribution in [0.1, 0.15) is 20.3 Å². The number of hydrogen-bond acceptors (Lipinski definition) is 2. The molecule has 0 amide bonds. The van der Waals surface area contributed by atoms with Crippen molar-refractivity contribution in [2.24, 2.45) is 0 Å². The summed E-state index contributed by atoms with van der Waals surface area (Å²) in [5.74, 6) is 0. The van der Waals surface area contributed by atoms with Crippen molar-refractivity contribution in [2.75, 3.05) is 19.8 Å². The molecule has 12 heavy (non-hydrogen) atoms. The summed E-state index contributed by atoms with van der Waals surface area (Å²) >= 11 is 0. The minimum Gasteiger partial charge on any atom is -0.389 e. The quantitative estimate of drug-likeness (QED) is 0.465. The second-order valence-electron chi connectivity index (χ2n) is 2.75. The van der Waals surface area contributed by atoms with Gasteiger partial charge < -0.3 is 10.1 Å². The van der Waals surface area contributed by atoms with Gasteiger partial charge in [-0.15, -0.1) is 0 Å². The zero-order chi connectivity index (χ0) is 9.23. The SMILES string of the molecule is C=C(C)/C=C\NCCOCCC. The third kappa shape index (κ3) is 9.24. The van der Waals surface area contributed by atoms with Crippen LogP contribution in [0.5, 0.6) is 0 Å². The van der Waals surface area contributed by atoms with Gasteiger partial charge in [0.1, 0.15) is 0 Å². The summed E-state index contributed by atoms with van der Waals surface area (Å²) in [6.45, 7) is 10.3. The van der Waals surface area contributed by atoms with Crippen molar-refractivity contribution in [1.29, 1.82) is 0 Å². The van der Waals surface area contributed by atoms with Gasteiger partial charge in [0.25, 0.3) is 0 Å². The number of hydrogen-bond donors (Lipinski definition) is 1. The predicted octanol–water partition coefficient (Wildman–Crippen LogP) is 2.09. The van der Waals surface area contributed by atoms with Gasteiger partial charge in [-0.05, 0) is 25.6 Å². The van der Waals surface area contributed by atoms with Gasteiger partial charge in [-0.3, -0.25) is 0 Å². The van der Waals surface area contributed by atoms with E-state index in [1.54, 1.807) is 0 Å². The zero-order valence-corrected chi connectivity index (χ0v) is 8.10. The van der Waals surface area contributed by atoms with Gasteiger partial charge in [-0.25, -0.2) is 0 Å². The summed E-state index contributed by atoms with van der Waals surface area (Å²) in [4.78, 5) is 0. The first-order chi connectivity index (χ1) is 5.77. The van der Waals surface area contributed by atoms with Crippen LogP contribution in [0.2, 0.25) is 0 Å². The van der Waals surface area contributed by atoms with Crippen molar-refractivity contribution in [3.8, 4) is 0 Å². The maximum absolute atomic E-state index is 5.27. The molecule has 0 atom stereocenters. The Balaban J connectivity index is 3.05. The molecule has 2 nitrogen and oxygen atoms in total. The standard InChI is InChI=1S/C10H19NO/c1-4-8-12-9-7-11-6-5-10(2)3/h5-6,11H,2,4,7-9H2,1,3H3/b6-5-. The lowest BCUT2D eigenvalue weighted by molar-refractivity contribution is 0.139. The molecule has 0 aromatic rings. The Morgan fingerprint density at radius 2 is 2.25 bits per heavy atom. The topological polar surface area (TPSA) is 21.3 Å². The third-order valence-corrected chi connectivity index (χ3v) is 1.22. The number of nitrogens with one attached hydrogen (secondary N) is 1. The van der Waals surface area contributed by atoms with Gasteiger partial charge in [0.2, 0.25) is 0 Å². The lowest BCUT2D eigenvalue weighted by atomic mass is 10.3. The Bertz CT molecular complexity index is 141. The maximum Gasteiger partial charge on any atom is 0.0638 e. The van der Waals surface area contributed by atoms with E-state index in [0.29, 0.717) is 0 Å². The van der Waals surface area contributed by atoms with Crippen LogP contribution in [-0.4, -0.2) is 19.8 Å². The molecule has 0 spiro atoms. The summed E-state index contributed by atoms with van der Waals surface area (Å²) in [7, 11) is 0. The highest BCUT2D eigenvalue weighted by molar-refractivity contribution is 5.09. The highest BCUT2D eigenvalue weighted by Crippen LogP contribution is 1.85. The molecule has 0 aromatic heterocycles. The minimum atomic E-state index is 0.772. The highest BCUT2D eigenvalue weighted by Gasteiger charge is 1.82. The number of allylic oxidation sites excluding steroid dienone is 2. The molecular weight excluding hydrogens is 150 g/mol. The van der Waals surface area contributed by atoms with Crippen LogP contribution in [-0.2, 0) is 4.74 Å². The summed E-state index contributed by atoms with van der Waals surface area (Å²) in [5, 5.41) is 3.11. The van der Waals surface area contributed by atoms with E-state index < -0.39 is 0 Å². The molecule has 0 unspecified atom stereocenters. The van der Waals surface area contributed by atoms with Crippen molar-refractivity contribution in [2.45, 2.75) is 20.3 Å². The van der Waals surface area contributed by atoms with Gasteiger partial charge in [-0.2, -0.15) is 0 Å². The van der Waals surface area contributed by atoms with E-state index in [4.69, 9.17) is 4.74 Å². The van der Waals surface area contributed by atoms with Crippen molar-refractivity contribution < 1.29 is 4.74 Å². The molecule has 0 fully saturated rings. The second kappa shape index (κ2) is 8.34. The fourth-order valence-corrected chi connectivity index (χ4v) is 0.662. The third-order valence-electron chi connectivity index (χ3n) is 1.22. The molecule has 0 radical (unpaired) electrons. The monoisotopic (exact) mass is 169 g/mol. The molecule has 1 N–H and O–H groups in total. The van der Waals surface area contributed by atoms with Crippen LogP contribution in [0, 0.1) is 0 Å². The Morgan fingerprint density at radius 1 is 1.50 bits per heavy atom. The van der Waals surface area contributed by atoms with Crippen molar-refractivity contribution in [3.05, 3.63) is 24.4 Å². The van der Waals surface area contributed by atoms with E-state index >= 15 is 0 Å². The van der Waals surface area contributed by atoms with Gasteiger partial charge in [0.15, 0.2) is 0 Å². The van der Waals surface area contributed by atoms with Crippen molar-refractivity contribution >= 4 is 0 Å². The van der Waals surface area contributed by atoms with E-state index in [0.717, 1.165) is 31.8 Å². The average Bonchev–Trinajstić information content (AvgIpc) is 2.02. The van der Waals surface area contributed by atoms with E-state index in [1.165, 1.54) is 0 Å². The molecule has 0 heterocycles. The first-order valence-electron chi connectivity index (χ1n) is 4.40. The maximum atomic E-state index is 5.27. The summed E-state index contributed by atoms with van der Waals surface area (Å²) in [6.07, 6.45) is 4.93. The largest absolute Gasteiger partial charge is 0.389 e. The average molecular weight is 169 g/mol. The van der Waals surface area contributed by atoms with Crippen molar-refractivity contribution in [1.82, 2.24) is 5.32 Å². The molecular formula is C10H19NO. The van der Waals surface area contributed by atoms with E-state index in [1.807, 2.05) is 19.2 Å². The molecule has 70 valence electrons. The Hall–Kier alpha value is -0.760. The minimum absolute atomic E-state index is 0.772. The molecule has 0 aliphatic carbocycles. The fraction of sp³-hybridized carbons (Fsp3) is 0.600. The van der Waals surface area contributed by atoms with Gasteiger partial charge >= 0.3 is 0 Å². The smallest absolute Gasteiger partial charge is 0.0638 e. The number of ether oxygens (including phenoxy) is 1. The zero-order valence-electron chi connectivity index (χ0n) is 8.10. The fourth-order valence-electron chi connectivity index (χ4n) is 0.662. The van der Waals surface area contributed by atoms with Crippen LogP contribution in [0.15, 0.2) is 24.4 Å².